The van der Waals surface area contributed by atoms with Crippen LogP contribution in [0.15, 0.2) is 141 Å². The summed E-state index contributed by atoms with van der Waals surface area (Å²) in [4.78, 5) is 125. The SMILES string of the molecule is CC(C)(C)c1cc2c(cn1)C(=O)N(c1cccc(Br)c1C=O)CC2.Cn1cc(-c2cccc(N3CCc4cc(C(C)(C)C)ncc4C3=O)c2C=O)cc(Nc2ccc(C(=O)N3CCOCC3)cn2)c1=O.Cn1cc(Br)cc(Nc2ccc(C(=O)N3CCOCC3)cn2)c1=O. The molecule has 486 valence electrons. The highest BCUT2D eigenvalue weighted by Gasteiger charge is 2.32. The number of pyridine rings is 6. The second-order valence-corrected chi connectivity index (χ2v) is 26.8. The molecule has 2 saturated heterocycles. The zero-order chi connectivity index (χ0) is 67.2. The molecule has 4 aliphatic rings. The number of nitrogens with zero attached hydrogens (tertiary/aromatic N) is 10. The number of aryl methyl sites for hydroxylation is 2. The molecule has 0 spiro atoms. The van der Waals surface area contributed by atoms with Crippen LogP contribution in [0.25, 0.3) is 11.1 Å². The van der Waals surface area contributed by atoms with Crippen LogP contribution in [-0.2, 0) is 47.2 Å². The molecule has 2 aromatic carbocycles. The predicted molar refractivity (Wildman–Crippen MR) is 367 cm³/mol. The van der Waals surface area contributed by atoms with Crippen LogP contribution in [-0.4, -0.2) is 141 Å². The zero-order valence-electron chi connectivity index (χ0n) is 53.5. The Labute approximate surface area is 560 Å². The van der Waals surface area contributed by atoms with Crippen LogP contribution in [0.3, 0.4) is 0 Å². The van der Waals surface area contributed by atoms with E-state index < -0.39 is 0 Å². The fraction of sp³-hybridized carbons (Fsp3) is 0.314. The van der Waals surface area contributed by atoms with Gasteiger partial charge in [0.05, 0.1) is 65.6 Å². The molecular weight excluding hydrogens is 1330 g/mol. The van der Waals surface area contributed by atoms with E-state index in [0.29, 0.717) is 150 Å². The lowest BCUT2D eigenvalue weighted by Crippen LogP contribution is -2.40. The van der Waals surface area contributed by atoms with E-state index in [1.165, 1.54) is 21.5 Å². The first kappa shape index (κ1) is 67.5. The van der Waals surface area contributed by atoms with E-state index in [1.807, 2.05) is 18.2 Å². The monoisotopic (exact) mass is 1400 g/mol. The molecule has 2 N–H and O–H groups in total. The number of nitrogens with one attached hydrogen (secondary N) is 2. The third kappa shape index (κ3) is 15.2. The molecule has 4 aliphatic heterocycles. The predicted octanol–water partition coefficient (Wildman–Crippen LogP) is 10.3. The molecule has 10 heterocycles. The fourth-order valence-corrected chi connectivity index (χ4v) is 12.1. The highest BCUT2D eigenvalue weighted by Crippen LogP contribution is 2.36. The van der Waals surface area contributed by atoms with Gasteiger partial charge in [-0.3, -0.25) is 48.3 Å². The topological polar surface area (TPSA) is 253 Å². The van der Waals surface area contributed by atoms with Crippen molar-refractivity contribution >= 4 is 102 Å². The minimum Gasteiger partial charge on any atom is -0.378 e. The Hall–Kier alpha value is -9.36. The molecule has 24 heteroatoms. The number of anilines is 6. The molecule has 12 rings (SSSR count). The van der Waals surface area contributed by atoms with Crippen LogP contribution >= 0.6 is 31.9 Å². The lowest BCUT2D eigenvalue weighted by atomic mass is 9.88. The Morgan fingerprint density at radius 1 is 0.521 bits per heavy atom. The van der Waals surface area contributed by atoms with Crippen molar-refractivity contribution in [3.63, 3.8) is 0 Å². The molecule has 0 unspecified atom stereocenters. The van der Waals surface area contributed by atoms with Gasteiger partial charge in [-0.25, -0.2) is 9.97 Å². The Bertz CT molecular complexity index is 4340. The van der Waals surface area contributed by atoms with Gasteiger partial charge in [0.25, 0.3) is 34.7 Å². The first-order valence-electron chi connectivity index (χ1n) is 30.6. The third-order valence-corrected chi connectivity index (χ3v) is 17.5. The van der Waals surface area contributed by atoms with Crippen LogP contribution < -0.4 is 31.6 Å². The van der Waals surface area contributed by atoms with Crippen LogP contribution in [0.1, 0.15) is 126 Å². The summed E-state index contributed by atoms with van der Waals surface area (Å²) in [6.45, 7) is 17.9. The summed E-state index contributed by atoms with van der Waals surface area (Å²) in [6, 6.07) is 24.9. The number of ether oxygens (including phenoxy) is 2. The van der Waals surface area contributed by atoms with Gasteiger partial charge in [-0.1, -0.05) is 59.7 Å². The largest absolute Gasteiger partial charge is 0.378 e. The highest BCUT2D eigenvalue weighted by molar-refractivity contribution is 9.10. The van der Waals surface area contributed by atoms with Gasteiger partial charge < -0.3 is 48.8 Å². The second kappa shape index (κ2) is 28.9. The number of fused-ring (bicyclic) bond motifs is 2. The molecule has 94 heavy (non-hydrogen) atoms. The zero-order valence-corrected chi connectivity index (χ0v) is 56.7. The second-order valence-electron chi connectivity index (χ2n) is 25.0. The molecule has 0 saturated carbocycles. The summed E-state index contributed by atoms with van der Waals surface area (Å²) in [6.07, 6.45) is 12.6. The molecule has 2 fully saturated rings. The van der Waals surface area contributed by atoms with E-state index >= 15 is 0 Å². The summed E-state index contributed by atoms with van der Waals surface area (Å²) >= 11 is 6.73. The van der Waals surface area contributed by atoms with Crippen LogP contribution in [0.2, 0.25) is 0 Å². The van der Waals surface area contributed by atoms with E-state index in [1.54, 1.807) is 125 Å². The molecule has 6 aromatic heterocycles. The van der Waals surface area contributed by atoms with Gasteiger partial charge in [-0.2, -0.15) is 0 Å². The third-order valence-electron chi connectivity index (χ3n) is 16.4. The minimum absolute atomic E-state index is 0.0514. The maximum Gasteiger partial charge on any atom is 0.274 e. The quantitative estimate of drug-likeness (QED) is 0.114. The first-order chi connectivity index (χ1) is 44.9. The standard InChI is InChI=1S/C35H36N6O5.C19H19BrN2O2.C16H17BrN4O3/c1-35(2,3)30-17-22-10-11-41(33(44)26(22)19-36-30)29-7-5-6-25(27(29)21-42)24-16-28(34(45)39(4)20-24)38-31-9-8-23(18-37-31)32(43)40-12-14-46-15-13-40;1-19(2,3)17-9-12-7-8-22(18(24)13(12)10-21-17)16-6-4-5-15(20)14(16)11-23;1-20-10-12(17)8-13(16(20)23)19-14-3-2-11(9-18-14)15(22)21-4-6-24-7-5-21/h5-9,16-21H,10-15H2,1-4H3,(H,37,38);4-6,9-11H,7-8H2,1-3H3;2-3,8-10H,4-7H2,1H3,(H,18,19). The maximum atomic E-state index is 13.7. The first-order valence-corrected chi connectivity index (χ1v) is 32.2. The number of carbonyl (C=O) groups excluding carboxylic acids is 6. The van der Waals surface area contributed by atoms with Crippen molar-refractivity contribution in [1.82, 2.24) is 38.9 Å². The maximum absolute atomic E-state index is 13.7. The average molecular weight is 1400 g/mol. The number of benzene rings is 2. The smallest absolute Gasteiger partial charge is 0.274 e. The van der Waals surface area contributed by atoms with E-state index in [0.717, 1.165) is 46.0 Å². The van der Waals surface area contributed by atoms with Gasteiger partial charge in [0.1, 0.15) is 23.0 Å². The van der Waals surface area contributed by atoms with Crippen molar-refractivity contribution in [2.24, 2.45) is 14.1 Å². The molecule has 0 radical (unpaired) electrons. The molecular formula is C70H72Br2N12O10. The van der Waals surface area contributed by atoms with Crippen molar-refractivity contribution in [2.75, 3.05) is 86.1 Å². The molecule has 0 bridgehead atoms. The molecule has 4 amide bonds. The average Bonchev–Trinajstić information content (AvgIpc) is 1.33. The van der Waals surface area contributed by atoms with Gasteiger partial charge >= 0.3 is 0 Å². The normalized spacial score (nSPS) is 14.7. The lowest BCUT2D eigenvalue weighted by molar-refractivity contribution is 0.0301. The van der Waals surface area contributed by atoms with Gasteiger partial charge in [-0.15, -0.1) is 0 Å². The number of halogens is 2. The molecule has 0 aliphatic carbocycles. The summed E-state index contributed by atoms with van der Waals surface area (Å²) < 4.78 is 14.9. The molecule has 0 atom stereocenters. The Morgan fingerprint density at radius 3 is 1.41 bits per heavy atom. The summed E-state index contributed by atoms with van der Waals surface area (Å²) in [5.74, 6) is 0.393. The fourth-order valence-electron chi connectivity index (χ4n) is 11.1. The molecule has 22 nitrogen and oxygen atoms in total. The number of aldehydes is 2. The van der Waals surface area contributed by atoms with Gasteiger partial charge in [-0.05, 0) is 128 Å². The summed E-state index contributed by atoms with van der Waals surface area (Å²) in [5.41, 5.74) is 9.14. The summed E-state index contributed by atoms with van der Waals surface area (Å²) in [5, 5.41) is 6.05. The van der Waals surface area contributed by atoms with E-state index in [-0.39, 0.29) is 51.3 Å². The number of morpholine rings is 2. The van der Waals surface area contributed by atoms with Crippen molar-refractivity contribution < 1.29 is 38.2 Å². The number of rotatable bonds is 11. The number of amides is 4. The van der Waals surface area contributed by atoms with Crippen LogP contribution in [0.4, 0.5) is 34.4 Å². The lowest BCUT2D eigenvalue weighted by Gasteiger charge is -2.31. The Balaban J connectivity index is 0.000000169. The number of hydrogen-bond acceptors (Lipinski definition) is 16. The van der Waals surface area contributed by atoms with Crippen molar-refractivity contribution in [1.29, 1.82) is 0 Å². The minimum atomic E-state index is -0.298. The van der Waals surface area contributed by atoms with Crippen molar-refractivity contribution in [3.8, 4) is 11.1 Å². The van der Waals surface area contributed by atoms with Crippen molar-refractivity contribution in [2.45, 2.75) is 65.2 Å². The summed E-state index contributed by atoms with van der Waals surface area (Å²) in [7, 11) is 3.30. The number of aromatic nitrogens is 6. The van der Waals surface area contributed by atoms with E-state index in [4.69, 9.17) is 9.47 Å². The van der Waals surface area contributed by atoms with Gasteiger partial charge in [0.15, 0.2) is 12.6 Å². The Morgan fingerprint density at radius 2 is 0.968 bits per heavy atom. The van der Waals surface area contributed by atoms with Gasteiger partial charge in [0, 0.05) is 133 Å². The van der Waals surface area contributed by atoms with Gasteiger partial charge in [0.2, 0.25) is 0 Å². The van der Waals surface area contributed by atoms with Crippen molar-refractivity contribution in [3.05, 3.63) is 208 Å². The van der Waals surface area contributed by atoms with Crippen LogP contribution in [0, 0.1) is 0 Å². The number of carbonyl (C=O) groups is 6. The van der Waals surface area contributed by atoms with Crippen LogP contribution in [0.5, 0.6) is 0 Å². The molecule has 8 aromatic rings. The van der Waals surface area contributed by atoms with E-state index in [2.05, 4.69) is 104 Å². The Kier molecular flexibility index (Phi) is 20.7. The number of hydrogen-bond donors (Lipinski definition) is 2. The van der Waals surface area contributed by atoms with E-state index in [9.17, 15) is 38.4 Å². The highest BCUT2D eigenvalue weighted by atomic mass is 79.9.